The van der Waals surface area contributed by atoms with E-state index in [0.717, 1.165) is 0 Å². The number of aromatic nitrogens is 6. The van der Waals surface area contributed by atoms with Gasteiger partial charge in [0.25, 0.3) is 0 Å². The molecule has 4 rings (SSSR count). The van der Waals surface area contributed by atoms with E-state index in [2.05, 4.69) is 30.6 Å². The summed E-state index contributed by atoms with van der Waals surface area (Å²) in [5.41, 5.74) is 1.77. The van der Waals surface area contributed by atoms with Crippen molar-refractivity contribution in [3.63, 3.8) is 0 Å². The lowest BCUT2D eigenvalue weighted by Crippen LogP contribution is -2.07. The van der Waals surface area contributed by atoms with Gasteiger partial charge < -0.3 is 0 Å². The lowest BCUT2D eigenvalue weighted by molar-refractivity contribution is 0.595. The van der Waals surface area contributed by atoms with E-state index in [9.17, 15) is 8.42 Å². The van der Waals surface area contributed by atoms with E-state index in [1.807, 2.05) is 0 Å². The Morgan fingerprint density at radius 1 is 1.12 bits per heavy atom. The maximum Gasteiger partial charge on any atom is 0.223 e. The molecular weight excluding hydrogens is 352 g/mol. The molecule has 122 valence electrons. The van der Waals surface area contributed by atoms with Crippen molar-refractivity contribution in [2.75, 3.05) is 0 Å². The maximum absolute atomic E-state index is 12.3. The molecule has 2 heterocycles. The molecule has 0 atom stereocenters. The van der Waals surface area contributed by atoms with Crippen molar-refractivity contribution in [1.29, 1.82) is 0 Å². The van der Waals surface area contributed by atoms with Gasteiger partial charge in [-0.3, -0.25) is 0 Å². The minimum atomic E-state index is -3.34. The number of sulfone groups is 1. The molecule has 1 aliphatic carbocycles. The lowest BCUT2D eigenvalue weighted by atomic mass is 10.1. The van der Waals surface area contributed by atoms with Crippen LogP contribution in [0.5, 0.6) is 0 Å². The van der Waals surface area contributed by atoms with E-state index in [0.29, 0.717) is 35.6 Å². The smallest absolute Gasteiger partial charge is 0.223 e. The van der Waals surface area contributed by atoms with Crippen molar-refractivity contribution in [2.24, 2.45) is 0 Å². The second-order valence-electron chi connectivity index (χ2n) is 5.41. The van der Waals surface area contributed by atoms with Gasteiger partial charge in [0.1, 0.15) is 12.0 Å². The third-order valence-electron chi connectivity index (χ3n) is 3.74. The summed E-state index contributed by atoms with van der Waals surface area (Å²) in [6.45, 7) is 0. The van der Waals surface area contributed by atoms with Crippen molar-refractivity contribution >= 4 is 21.4 Å². The number of hydrogen-bond acceptors (Lipinski definition) is 7. The first-order chi connectivity index (χ1) is 11.6. The van der Waals surface area contributed by atoms with Crippen LogP contribution >= 0.6 is 11.6 Å². The van der Waals surface area contributed by atoms with Crippen LogP contribution in [0.2, 0.25) is 5.02 Å². The third-order valence-corrected chi connectivity index (χ3v) is 6.48. The number of halogens is 1. The molecule has 24 heavy (non-hydrogen) atoms. The Balaban J connectivity index is 1.73. The monoisotopic (exact) mass is 362 g/mol. The van der Waals surface area contributed by atoms with Gasteiger partial charge in [0, 0.05) is 5.56 Å². The number of nitrogens with zero attached hydrogens (tertiary/aromatic N) is 5. The van der Waals surface area contributed by atoms with E-state index in [1.165, 1.54) is 12.4 Å². The quantitative estimate of drug-likeness (QED) is 0.753. The average molecular weight is 363 g/mol. The Hall–Kier alpha value is -2.39. The predicted molar refractivity (Wildman–Crippen MR) is 85.9 cm³/mol. The van der Waals surface area contributed by atoms with Crippen LogP contribution in [-0.4, -0.2) is 44.3 Å². The van der Waals surface area contributed by atoms with E-state index < -0.39 is 9.84 Å². The number of H-pyrrole nitrogens is 1. The Morgan fingerprint density at radius 2 is 1.92 bits per heavy atom. The molecule has 10 heteroatoms. The molecule has 1 aliphatic rings. The van der Waals surface area contributed by atoms with E-state index in [4.69, 9.17) is 11.6 Å². The summed E-state index contributed by atoms with van der Waals surface area (Å²) in [5, 5.41) is 13.5. The SMILES string of the molecule is O=S(=O)(c1ccc(-c2cc(-c3nn[nH]n3)ncn2)cc1Cl)C1CC1. The van der Waals surface area contributed by atoms with E-state index >= 15 is 0 Å². The number of rotatable bonds is 4. The highest BCUT2D eigenvalue weighted by Crippen LogP contribution is 2.37. The Bertz CT molecular complexity index is 1000. The largest absolute Gasteiger partial charge is 0.236 e. The highest BCUT2D eigenvalue weighted by Gasteiger charge is 2.38. The molecule has 0 bridgehead atoms. The predicted octanol–water partition coefficient (Wildman–Crippen LogP) is 1.91. The van der Waals surface area contributed by atoms with Crippen molar-refractivity contribution in [3.8, 4) is 22.8 Å². The summed E-state index contributed by atoms with van der Waals surface area (Å²) in [7, 11) is -3.34. The maximum atomic E-state index is 12.3. The van der Waals surface area contributed by atoms with Crippen molar-refractivity contribution in [2.45, 2.75) is 23.0 Å². The summed E-state index contributed by atoms with van der Waals surface area (Å²) < 4.78 is 24.7. The van der Waals surface area contributed by atoms with Crippen molar-refractivity contribution in [3.05, 3.63) is 35.6 Å². The lowest BCUT2D eigenvalue weighted by Gasteiger charge is -2.08. The molecule has 0 amide bonds. The van der Waals surface area contributed by atoms with Gasteiger partial charge in [-0.05, 0) is 36.3 Å². The Kier molecular flexibility index (Phi) is 3.54. The number of hydrogen-bond donors (Lipinski definition) is 1. The number of tetrazole rings is 1. The summed E-state index contributed by atoms with van der Waals surface area (Å²) in [4.78, 5) is 8.46. The number of nitrogens with one attached hydrogen (secondary N) is 1. The molecule has 0 saturated heterocycles. The fraction of sp³-hybridized carbons (Fsp3) is 0.214. The van der Waals surface area contributed by atoms with Crippen LogP contribution in [0.4, 0.5) is 0 Å². The number of aromatic amines is 1. The van der Waals surface area contributed by atoms with Crippen molar-refractivity contribution < 1.29 is 8.42 Å². The van der Waals surface area contributed by atoms with E-state index in [-0.39, 0.29) is 15.2 Å². The van der Waals surface area contributed by atoms with Crippen LogP contribution in [0.1, 0.15) is 12.8 Å². The first-order valence-electron chi connectivity index (χ1n) is 7.15. The van der Waals surface area contributed by atoms with Crippen LogP contribution in [-0.2, 0) is 9.84 Å². The minimum absolute atomic E-state index is 0.169. The molecule has 8 nitrogen and oxygen atoms in total. The minimum Gasteiger partial charge on any atom is -0.236 e. The van der Waals surface area contributed by atoms with Crippen molar-refractivity contribution in [1.82, 2.24) is 30.6 Å². The molecule has 1 saturated carbocycles. The van der Waals surface area contributed by atoms with Crippen LogP contribution < -0.4 is 0 Å². The highest BCUT2D eigenvalue weighted by molar-refractivity contribution is 7.92. The fourth-order valence-corrected chi connectivity index (χ4v) is 4.56. The molecule has 1 N–H and O–H groups in total. The van der Waals surface area contributed by atoms with Gasteiger partial charge in [0.15, 0.2) is 9.84 Å². The van der Waals surface area contributed by atoms with Gasteiger partial charge in [-0.25, -0.2) is 18.4 Å². The third kappa shape index (κ3) is 2.65. The first-order valence-corrected chi connectivity index (χ1v) is 9.08. The molecule has 0 radical (unpaired) electrons. The van der Waals surface area contributed by atoms with Gasteiger partial charge in [0.2, 0.25) is 5.82 Å². The topological polar surface area (TPSA) is 114 Å². The molecule has 0 aliphatic heterocycles. The van der Waals surface area contributed by atoms with E-state index in [1.54, 1.807) is 18.2 Å². The van der Waals surface area contributed by atoms with Crippen LogP contribution in [0.25, 0.3) is 22.8 Å². The van der Waals surface area contributed by atoms with Gasteiger partial charge >= 0.3 is 0 Å². The standard InChI is InChI=1S/C14H11ClN6O2S/c15-10-5-8(1-4-13(10)24(22,23)9-2-3-9)11-6-12(17-7-16-11)14-18-20-21-19-14/h1,4-7,9H,2-3H2,(H,18,19,20,21). The second-order valence-corrected chi connectivity index (χ2v) is 8.02. The Labute approximate surface area is 142 Å². The first kappa shape index (κ1) is 15.2. The van der Waals surface area contributed by atoms with Gasteiger partial charge in [-0.1, -0.05) is 17.7 Å². The Morgan fingerprint density at radius 3 is 2.58 bits per heavy atom. The van der Waals surface area contributed by atoms with Gasteiger partial charge in [-0.15, -0.1) is 10.2 Å². The summed E-state index contributed by atoms with van der Waals surface area (Å²) in [6.07, 6.45) is 2.77. The highest BCUT2D eigenvalue weighted by atomic mass is 35.5. The molecule has 3 aromatic rings. The molecular formula is C14H11ClN6O2S. The van der Waals surface area contributed by atoms with Crippen LogP contribution in [0, 0.1) is 0 Å². The zero-order valence-corrected chi connectivity index (χ0v) is 13.8. The second kappa shape index (κ2) is 5.60. The zero-order valence-electron chi connectivity index (χ0n) is 12.2. The summed E-state index contributed by atoms with van der Waals surface area (Å²) in [5.74, 6) is 0.345. The molecule has 2 aromatic heterocycles. The number of benzene rings is 1. The average Bonchev–Trinajstić information content (AvgIpc) is 3.31. The summed E-state index contributed by atoms with van der Waals surface area (Å²) in [6, 6.07) is 6.50. The molecule has 1 fully saturated rings. The van der Waals surface area contributed by atoms with Gasteiger partial charge in [-0.2, -0.15) is 5.21 Å². The molecule has 0 unspecified atom stereocenters. The van der Waals surface area contributed by atoms with Crippen LogP contribution in [0.15, 0.2) is 35.5 Å². The normalized spacial score (nSPS) is 14.7. The molecule has 1 aromatic carbocycles. The van der Waals surface area contributed by atoms with Crippen LogP contribution in [0.3, 0.4) is 0 Å². The summed E-state index contributed by atoms with van der Waals surface area (Å²) >= 11 is 6.21. The zero-order chi connectivity index (χ0) is 16.7. The molecule has 0 spiro atoms. The van der Waals surface area contributed by atoms with Gasteiger partial charge in [0.05, 0.1) is 20.9 Å². The fourth-order valence-electron chi connectivity index (χ4n) is 2.36.